The molecule has 0 saturated carbocycles. The maximum absolute atomic E-state index is 12.8. The van der Waals surface area contributed by atoms with Crippen LogP contribution in [0.3, 0.4) is 0 Å². The van der Waals surface area contributed by atoms with Crippen LogP contribution in [0.15, 0.2) is 24.3 Å². The minimum absolute atomic E-state index is 0.228. The number of amides is 1. The highest BCUT2D eigenvalue weighted by atomic mass is 19.1. The molecule has 1 rings (SSSR count). The third-order valence-electron chi connectivity index (χ3n) is 2.86. The number of ether oxygens (including phenoxy) is 2. The lowest BCUT2D eigenvalue weighted by Gasteiger charge is -2.25. The summed E-state index contributed by atoms with van der Waals surface area (Å²) < 4.78 is 23.2. The van der Waals surface area contributed by atoms with E-state index in [2.05, 4.69) is 5.32 Å². The van der Waals surface area contributed by atoms with Gasteiger partial charge >= 0.3 is 0 Å². The first-order valence-electron chi connectivity index (χ1n) is 6.75. The van der Waals surface area contributed by atoms with Crippen LogP contribution in [0.2, 0.25) is 0 Å². The number of hydrogen-bond donors (Lipinski definition) is 2. The summed E-state index contributed by atoms with van der Waals surface area (Å²) in [5, 5.41) is 12.2. The largest absolute Gasteiger partial charge is 0.478 e. The lowest BCUT2D eigenvalue weighted by Crippen LogP contribution is -2.47. The monoisotopic (exact) mass is 299 g/mol. The fourth-order valence-electron chi connectivity index (χ4n) is 1.68. The molecule has 2 N–H and O–H groups in total. The van der Waals surface area contributed by atoms with Crippen molar-refractivity contribution in [1.29, 1.82) is 0 Å². The van der Waals surface area contributed by atoms with E-state index in [0.29, 0.717) is 18.7 Å². The average molecular weight is 299 g/mol. The van der Waals surface area contributed by atoms with Gasteiger partial charge in [-0.1, -0.05) is 0 Å². The first kappa shape index (κ1) is 17.4. The number of carbonyl (C=O) groups is 1. The van der Waals surface area contributed by atoms with Crippen LogP contribution in [0.25, 0.3) is 0 Å². The van der Waals surface area contributed by atoms with E-state index in [9.17, 15) is 14.3 Å². The Hall–Kier alpha value is -1.66. The fourth-order valence-corrected chi connectivity index (χ4v) is 1.68. The smallest absolute Gasteiger partial charge is 0.263 e. The maximum Gasteiger partial charge on any atom is 0.263 e. The first-order valence-corrected chi connectivity index (χ1v) is 6.75. The normalized spacial score (nSPS) is 12.8. The molecule has 1 unspecified atom stereocenters. The number of methoxy groups -OCH3 is 1. The van der Waals surface area contributed by atoms with E-state index < -0.39 is 11.7 Å². The summed E-state index contributed by atoms with van der Waals surface area (Å²) in [4.78, 5) is 12.1. The molecule has 1 atom stereocenters. The Balaban J connectivity index is 2.45. The topological polar surface area (TPSA) is 67.8 Å². The van der Waals surface area contributed by atoms with Crippen LogP contribution in [0.5, 0.6) is 5.75 Å². The number of hydrogen-bond acceptors (Lipinski definition) is 4. The summed E-state index contributed by atoms with van der Waals surface area (Å²) in [5.41, 5.74) is -1.09. The lowest BCUT2D eigenvalue weighted by molar-refractivity contribution is -0.134. The molecule has 21 heavy (non-hydrogen) atoms. The highest BCUT2D eigenvalue weighted by molar-refractivity contribution is 5.84. The van der Waals surface area contributed by atoms with Crippen molar-refractivity contribution in [3.8, 4) is 5.75 Å². The fraction of sp³-hybridized carbons (Fsp3) is 0.533. The standard InChI is InChI=1S/C15H22FNO4/c1-15(2,21-13-6-4-11(16)5-7-13)14(19)17-9-8-12(18)10-20-3/h4-7,12,18H,8-10H2,1-3H3,(H,17,19). The molecule has 5 nitrogen and oxygen atoms in total. The van der Waals surface area contributed by atoms with Gasteiger partial charge in [-0.3, -0.25) is 4.79 Å². The van der Waals surface area contributed by atoms with Crippen molar-refractivity contribution in [2.75, 3.05) is 20.3 Å². The van der Waals surface area contributed by atoms with Gasteiger partial charge in [0.15, 0.2) is 5.60 Å². The molecule has 0 heterocycles. The van der Waals surface area contributed by atoms with Gasteiger partial charge in [0.25, 0.3) is 5.91 Å². The van der Waals surface area contributed by atoms with Crippen molar-refractivity contribution in [3.63, 3.8) is 0 Å². The van der Waals surface area contributed by atoms with Crippen LogP contribution in [-0.4, -0.2) is 43.0 Å². The van der Waals surface area contributed by atoms with E-state index in [1.807, 2.05) is 0 Å². The van der Waals surface area contributed by atoms with Crippen LogP contribution in [0.1, 0.15) is 20.3 Å². The molecule has 0 fully saturated rings. The second-order valence-corrected chi connectivity index (χ2v) is 5.22. The molecule has 118 valence electrons. The highest BCUT2D eigenvalue weighted by Crippen LogP contribution is 2.18. The lowest BCUT2D eigenvalue weighted by atomic mass is 10.1. The maximum atomic E-state index is 12.8. The van der Waals surface area contributed by atoms with Crippen LogP contribution >= 0.6 is 0 Å². The number of rotatable bonds is 8. The van der Waals surface area contributed by atoms with Gasteiger partial charge in [-0.05, 0) is 44.5 Å². The number of halogens is 1. The predicted octanol–water partition coefficient (Wildman–Crippen LogP) is 1.50. The molecule has 6 heteroatoms. The van der Waals surface area contributed by atoms with Gasteiger partial charge in [-0.15, -0.1) is 0 Å². The number of nitrogens with one attached hydrogen (secondary N) is 1. The molecule has 1 amide bonds. The first-order chi connectivity index (χ1) is 9.85. The number of aliphatic hydroxyl groups excluding tert-OH is 1. The Labute approximate surface area is 124 Å². The molecule has 0 aromatic heterocycles. The quantitative estimate of drug-likeness (QED) is 0.763. The molecule has 0 bridgehead atoms. The summed E-state index contributed by atoms with van der Waals surface area (Å²) >= 11 is 0. The third-order valence-corrected chi connectivity index (χ3v) is 2.86. The highest BCUT2D eigenvalue weighted by Gasteiger charge is 2.29. The molecule has 0 aliphatic rings. The average Bonchev–Trinajstić information content (AvgIpc) is 2.41. The second-order valence-electron chi connectivity index (χ2n) is 5.22. The number of benzene rings is 1. The Morgan fingerprint density at radius 2 is 2.00 bits per heavy atom. The SMILES string of the molecule is COCC(O)CCNC(=O)C(C)(C)Oc1ccc(F)cc1. The number of aliphatic hydroxyl groups is 1. The molecular weight excluding hydrogens is 277 g/mol. The Kier molecular flexibility index (Phi) is 6.58. The number of carbonyl (C=O) groups excluding carboxylic acids is 1. The second kappa shape index (κ2) is 7.95. The Bertz CT molecular complexity index is 447. The zero-order valence-corrected chi connectivity index (χ0v) is 12.6. The van der Waals surface area contributed by atoms with E-state index in [1.54, 1.807) is 13.8 Å². The zero-order chi connectivity index (χ0) is 15.9. The summed E-state index contributed by atoms with van der Waals surface area (Å²) in [6, 6.07) is 5.47. The van der Waals surface area contributed by atoms with Gasteiger partial charge in [0.2, 0.25) is 0 Å². The van der Waals surface area contributed by atoms with Crippen molar-refractivity contribution in [2.24, 2.45) is 0 Å². The van der Waals surface area contributed by atoms with E-state index >= 15 is 0 Å². The molecular formula is C15H22FNO4. The summed E-state index contributed by atoms with van der Waals surface area (Å²) in [5.74, 6) is -0.260. The van der Waals surface area contributed by atoms with Crippen LogP contribution in [0, 0.1) is 5.82 Å². The van der Waals surface area contributed by atoms with Crippen molar-refractivity contribution >= 4 is 5.91 Å². The molecule has 0 aliphatic carbocycles. The van der Waals surface area contributed by atoms with Gasteiger partial charge in [-0.25, -0.2) is 4.39 Å². The summed E-state index contributed by atoms with van der Waals surface area (Å²) in [7, 11) is 1.50. The van der Waals surface area contributed by atoms with Crippen molar-refractivity contribution in [1.82, 2.24) is 5.32 Å². The summed E-state index contributed by atoms with van der Waals surface area (Å²) in [6.07, 6.45) is -0.219. The van der Waals surface area contributed by atoms with E-state index in [1.165, 1.54) is 31.4 Å². The Morgan fingerprint density at radius 1 is 1.38 bits per heavy atom. The predicted molar refractivity (Wildman–Crippen MR) is 76.6 cm³/mol. The van der Waals surface area contributed by atoms with Crippen LogP contribution < -0.4 is 10.1 Å². The molecule has 0 aliphatic heterocycles. The van der Waals surface area contributed by atoms with E-state index in [4.69, 9.17) is 9.47 Å². The van der Waals surface area contributed by atoms with Gasteiger partial charge in [0, 0.05) is 13.7 Å². The van der Waals surface area contributed by atoms with Crippen LogP contribution in [0.4, 0.5) is 4.39 Å². The van der Waals surface area contributed by atoms with E-state index in [-0.39, 0.29) is 18.3 Å². The van der Waals surface area contributed by atoms with Gasteiger partial charge in [0.05, 0.1) is 12.7 Å². The molecule has 1 aromatic carbocycles. The van der Waals surface area contributed by atoms with Gasteiger partial charge in [-0.2, -0.15) is 0 Å². The van der Waals surface area contributed by atoms with Crippen molar-refractivity contribution in [2.45, 2.75) is 32.0 Å². The summed E-state index contributed by atoms with van der Waals surface area (Å²) in [6.45, 7) is 3.79. The molecule has 0 spiro atoms. The minimum Gasteiger partial charge on any atom is -0.478 e. The van der Waals surface area contributed by atoms with Crippen molar-refractivity contribution < 1.29 is 23.8 Å². The molecule has 0 radical (unpaired) electrons. The van der Waals surface area contributed by atoms with Gasteiger partial charge in [0.1, 0.15) is 11.6 Å². The van der Waals surface area contributed by atoms with E-state index in [0.717, 1.165) is 0 Å². The third kappa shape index (κ3) is 6.10. The van der Waals surface area contributed by atoms with Crippen LogP contribution in [-0.2, 0) is 9.53 Å². The zero-order valence-electron chi connectivity index (χ0n) is 12.6. The van der Waals surface area contributed by atoms with Crippen molar-refractivity contribution in [3.05, 3.63) is 30.1 Å². The molecule has 1 aromatic rings. The Morgan fingerprint density at radius 3 is 2.57 bits per heavy atom. The molecule has 0 saturated heterocycles. The van der Waals surface area contributed by atoms with Gasteiger partial charge < -0.3 is 19.9 Å². The minimum atomic E-state index is -1.09.